The van der Waals surface area contributed by atoms with E-state index in [1.165, 1.54) is 0 Å². The first kappa shape index (κ1) is 11.9. The number of aromatic hydroxyl groups is 1. The van der Waals surface area contributed by atoms with E-state index in [9.17, 15) is 15.0 Å². The van der Waals surface area contributed by atoms with Gasteiger partial charge in [-0.1, -0.05) is 12.1 Å². The molecular weight excluding hydrogens is 218 g/mol. The molecule has 4 N–H and O–H groups in total. The smallest absolute Gasteiger partial charge is 0.314 e. The predicted molar refractivity (Wildman–Crippen MR) is 63.9 cm³/mol. The van der Waals surface area contributed by atoms with E-state index >= 15 is 0 Å². The van der Waals surface area contributed by atoms with Crippen LogP contribution in [-0.2, 0) is 10.2 Å². The molecule has 0 atom stereocenters. The van der Waals surface area contributed by atoms with Gasteiger partial charge in [0.15, 0.2) is 0 Å². The van der Waals surface area contributed by atoms with Crippen LogP contribution in [0, 0.1) is 0 Å². The van der Waals surface area contributed by atoms with Gasteiger partial charge in [-0.3, -0.25) is 4.79 Å². The highest BCUT2D eigenvalue weighted by molar-refractivity contribution is 5.81. The van der Waals surface area contributed by atoms with Gasteiger partial charge in [0.05, 0.1) is 5.41 Å². The number of rotatable bonds is 2. The molecule has 0 aromatic heterocycles. The molecule has 4 nitrogen and oxygen atoms in total. The molecule has 17 heavy (non-hydrogen) atoms. The Morgan fingerprint density at radius 2 is 2.00 bits per heavy atom. The number of benzene rings is 1. The molecular formula is C13H17NO3. The van der Waals surface area contributed by atoms with Crippen LogP contribution in [0.5, 0.6) is 5.75 Å². The normalized spacial score (nSPS) is 28.9. The third kappa shape index (κ3) is 2.13. The third-order valence-corrected chi connectivity index (χ3v) is 3.69. The minimum Gasteiger partial charge on any atom is -0.508 e. The molecule has 0 spiro atoms. The summed E-state index contributed by atoms with van der Waals surface area (Å²) in [6.07, 6.45) is 2.49. The second-order valence-electron chi connectivity index (χ2n) is 4.78. The number of hydrogen-bond donors (Lipinski definition) is 3. The fraction of sp³-hybridized carbons (Fsp3) is 0.462. The number of nitrogens with two attached hydrogens (primary N) is 1. The van der Waals surface area contributed by atoms with Gasteiger partial charge >= 0.3 is 5.97 Å². The summed E-state index contributed by atoms with van der Waals surface area (Å²) in [6, 6.07) is 6.65. The summed E-state index contributed by atoms with van der Waals surface area (Å²) in [5.74, 6) is -0.715. The van der Waals surface area contributed by atoms with Crippen molar-refractivity contribution in [1.82, 2.24) is 0 Å². The number of carboxylic acids is 1. The van der Waals surface area contributed by atoms with Gasteiger partial charge in [-0.25, -0.2) is 0 Å². The van der Waals surface area contributed by atoms with E-state index in [4.69, 9.17) is 5.73 Å². The van der Waals surface area contributed by atoms with Gasteiger partial charge in [-0.15, -0.1) is 0 Å². The van der Waals surface area contributed by atoms with E-state index in [0.29, 0.717) is 31.2 Å². The quantitative estimate of drug-likeness (QED) is 0.727. The van der Waals surface area contributed by atoms with Gasteiger partial charge in [0.25, 0.3) is 0 Å². The van der Waals surface area contributed by atoms with Crippen molar-refractivity contribution in [2.75, 3.05) is 0 Å². The van der Waals surface area contributed by atoms with Crippen LogP contribution in [0.15, 0.2) is 24.3 Å². The molecule has 1 saturated carbocycles. The first-order valence-corrected chi connectivity index (χ1v) is 5.83. The number of phenols is 1. The lowest BCUT2D eigenvalue weighted by Gasteiger charge is -2.36. The van der Waals surface area contributed by atoms with Gasteiger partial charge in [0.1, 0.15) is 5.75 Å². The zero-order chi connectivity index (χ0) is 12.5. The van der Waals surface area contributed by atoms with Crippen molar-refractivity contribution < 1.29 is 15.0 Å². The van der Waals surface area contributed by atoms with E-state index in [1.807, 2.05) is 0 Å². The molecule has 0 unspecified atom stereocenters. The average molecular weight is 235 g/mol. The van der Waals surface area contributed by atoms with Gasteiger partial charge in [0.2, 0.25) is 0 Å². The van der Waals surface area contributed by atoms with E-state index in [0.717, 1.165) is 0 Å². The Bertz CT molecular complexity index is 422. The molecule has 2 rings (SSSR count). The zero-order valence-electron chi connectivity index (χ0n) is 9.60. The second-order valence-corrected chi connectivity index (χ2v) is 4.78. The Hall–Kier alpha value is -1.55. The molecule has 1 aliphatic rings. The molecule has 0 heterocycles. The topological polar surface area (TPSA) is 83.6 Å². The van der Waals surface area contributed by atoms with E-state index in [1.54, 1.807) is 24.3 Å². The molecule has 92 valence electrons. The number of phenolic OH excluding ortho intramolecular Hbond substituents is 1. The number of carboxylic acid groups (broad SMARTS) is 1. The lowest BCUT2D eigenvalue weighted by molar-refractivity contribution is -0.145. The molecule has 0 amide bonds. The highest BCUT2D eigenvalue weighted by atomic mass is 16.4. The van der Waals surface area contributed by atoms with Crippen LogP contribution in [0.1, 0.15) is 31.2 Å². The van der Waals surface area contributed by atoms with E-state index in [-0.39, 0.29) is 11.8 Å². The molecule has 0 bridgehead atoms. The maximum Gasteiger partial charge on any atom is 0.314 e. The average Bonchev–Trinajstić information content (AvgIpc) is 2.30. The molecule has 1 fully saturated rings. The van der Waals surface area contributed by atoms with Crippen LogP contribution in [0.25, 0.3) is 0 Å². The Morgan fingerprint density at radius 3 is 2.53 bits per heavy atom. The van der Waals surface area contributed by atoms with Crippen molar-refractivity contribution in [2.45, 2.75) is 37.1 Å². The van der Waals surface area contributed by atoms with Crippen LogP contribution < -0.4 is 5.73 Å². The van der Waals surface area contributed by atoms with Crippen molar-refractivity contribution in [3.63, 3.8) is 0 Å². The highest BCUT2D eigenvalue weighted by Gasteiger charge is 2.42. The lowest BCUT2D eigenvalue weighted by Crippen LogP contribution is -2.42. The first-order valence-electron chi connectivity index (χ1n) is 5.83. The number of aliphatic carboxylic acids is 1. The zero-order valence-corrected chi connectivity index (χ0v) is 9.60. The van der Waals surface area contributed by atoms with E-state index < -0.39 is 11.4 Å². The summed E-state index contributed by atoms with van der Waals surface area (Å²) < 4.78 is 0. The summed E-state index contributed by atoms with van der Waals surface area (Å²) >= 11 is 0. The first-order chi connectivity index (χ1) is 8.04. The molecule has 1 aliphatic carbocycles. The summed E-state index contributed by atoms with van der Waals surface area (Å²) in [5.41, 5.74) is 5.62. The van der Waals surface area contributed by atoms with Crippen LogP contribution in [0.4, 0.5) is 0 Å². The van der Waals surface area contributed by atoms with Crippen LogP contribution in [0.3, 0.4) is 0 Å². The maximum absolute atomic E-state index is 11.6. The number of carbonyl (C=O) groups is 1. The van der Waals surface area contributed by atoms with Crippen molar-refractivity contribution >= 4 is 5.97 Å². The maximum atomic E-state index is 11.6. The summed E-state index contributed by atoms with van der Waals surface area (Å²) in [7, 11) is 0. The van der Waals surface area contributed by atoms with Crippen LogP contribution in [0.2, 0.25) is 0 Å². The minimum absolute atomic E-state index is 0.0970. The highest BCUT2D eigenvalue weighted by Crippen LogP contribution is 2.40. The van der Waals surface area contributed by atoms with Gasteiger partial charge in [-0.05, 0) is 43.4 Å². The lowest BCUT2D eigenvalue weighted by atomic mass is 9.68. The Kier molecular flexibility index (Phi) is 3.07. The third-order valence-electron chi connectivity index (χ3n) is 3.69. The molecule has 0 radical (unpaired) electrons. The van der Waals surface area contributed by atoms with Crippen molar-refractivity contribution in [1.29, 1.82) is 0 Å². The van der Waals surface area contributed by atoms with Gasteiger partial charge in [-0.2, -0.15) is 0 Å². The largest absolute Gasteiger partial charge is 0.508 e. The molecule has 0 saturated heterocycles. The predicted octanol–water partition coefficient (Wildman–Crippen LogP) is 1.62. The summed E-state index contributed by atoms with van der Waals surface area (Å²) in [6.45, 7) is 0. The monoisotopic (exact) mass is 235 g/mol. The SMILES string of the molecule is NC1CCC(C(=O)O)(c2cccc(O)c2)CC1. The van der Waals surface area contributed by atoms with Gasteiger partial charge in [0, 0.05) is 6.04 Å². The molecule has 4 heteroatoms. The standard InChI is InChI=1S/C13H17NO3/c14-10-4-6-13(7-5-10,12(16)17)9-2-1-3-11(15)8-9/h1-3,8,10,15H,4-7,14H2,(H,16,17). The Labute approximate surface area is 100 Å². The van der Waals surface area contributed by atoms with Crippen molar-refractivity contribution in [3.05, 3.63) is 29.8 Å². The molecule has 1 aromatic rings. The molecule has 1 aromatic carbocycles. The molecule has 0 aliphatic heterocycles. The number of hydrogen-bond acceptors (Lipinski definition) is 3. The van der Waals surface area contributed by atoms with Crippen molar-refractivity contribution in [2.24, 2.45) is 5.73 Å². The summed E-state index contributed by atoms with van der Waals surface area (Å²) in [4.78, 5) is 11.6. The van der Waals surface area contributed by atoms with Gasteiger partial charge < -0.3 is 15.9 Å². The Morgan fingerprint density at radius 1 is 1.35 bits per heavy atom. The fourth-order valence-electron chi connectivity index (χ4n) is 2.56. The second kappa shape index (κ2) is 4.37. The van der Waals surface area contributed by atoms with E-state index in [2.05, 4.69) is 0 Å². The minimum atomic E-state index is -0.880. The summed E-state index contributed by atoms with van der Waals surface area (Å²) in [5, 5.41) is 19.0. The Balaban J connectivity index is 2.38. The van der Waals surface area contributed by atoms with Crippen LogP contribution in [-0.4, -0.2) is 22.2 Å². The fourth-order valence-corrected chi connectivity index (χ4v) is 2.56. The van der Waals surface area contributed by atoms with Crippen molar-refractivity contribution in [3.8, 4) is 5.75 Å². The van der Waals surface area contributed by atoms with Crippen LogP contribution >= 0.6 is 0 Å².